The van der Waals surface area contributed by atoms with Crippen LogP contribution in [0, 0.1) is 6.92 Å². The number of aromatic nitrogens is 3. The average molecular weight is 342 g/mol. The zero-order valence-electron chi connectivity index (χ0n) is 13.8. The Kier molecular flexibility index (Phi) is 4.71. The van der Waals surface area contributed by atoms with Crippen LogP contribution in [0.25, 0.3) is 11.5 Å². The van der Waals surface area contributed by atoms with E-state index in [0.29, 0.717) is 29.5 Å². The molecule has 2 aromatic heterocycles. The number of thiazole rings is 1. The van der Waals surface area contributed by atoms with Crippen LogP contribution in [0.1, 0.15) is 34.1 Å². The quantitative estimate of drug-likeness (QED) is 0.711. The Hall–Kier alpha value is -2.54. The van der Waals surface area contributed by atoms with Crippen LogP contribution in [-0.4, -0.2) is 39.6 Å². The van der Waals surface area contributed by atoms with E-state index in [4.69, 9.17) is 4.42 Å². The molecule has 0 bridgehead atoms. The first-order valence-electron chi connectivity index (χ1n) is 7.60. The molecule has 124 valence electrons. The highest BCUT2D eigenvalue weighted by molar-refractivity contribution is 7.09. The standard InChI is InChI=1S/C17H18N4O2S/c1-11(16-18-8-9-24-16)10-21(3)17(22)14-7-5-4-6-13(14)15-20-19-12(2)23-15/h4-9,11H,10H2,1-3H3. The highest BCUT2D eigenvalue weighted by atomic mass is 32.1. The van der Waals surface area contributed by atoms with E-state index in [9.17, 15) is 4.79 Å². The number of carbonyl (C=O) groups is 1. The Morgan fingerprint density at radius 2 is 2.12 bits per heavy atom. The Bertz CT molecular complexity index is 829. The number of carbonyl (C=O) groups excluding carboxylic acids is 1. The summed E-state index contributed by atoms with van der Waals surface area (Å²) in [6.45, 7) is 4.38. The van der Waals surface area contributed by atoms with Crippen LogP contribution in [0.5, 0.6) is 0 Å². The smallest absolute Gasteiger partial charge is 0.254 e. The first-order chi connectivity index (χ1) is 11.6. The number of hydrogen-bond acceptors (Lipinski definition) is 6. The number of hydrogen-bond donors (Lipinski definition) is 0. The van der Waals surface area contributed by atoms with Crippen LogP contribution in [0.15, 0.2) is 40.3 Å². The number of likely N-dealkylation sites (N-methyl/N-ethyl adjacent to an activating group) is 1. The lowest BCUT2D eigenvalue weighted by Crippen LogP contribution is -2.30. The first kappa shape index (κ1) is 16.3. The Balaban J connectivity index is 1.82. The maximum atomic E-state index is 12.9. The van der Waals surface area contributed by atoms with Gasteiger partial charge >= 0.3 is 0 Å². The second-order valence-electron chi connectivity index (χ2n) is 5.63. The molecule has 1 aromatic carbocycles. The molecule has 1 amide bonds. The van der Waals surface area contributed by atoms with Crippen molar-refractivity contribution < 1.29 is 9.21 Å². The second kappa shape index (κ2) is 6.92. The third kappa shape index (κ3) is 3.35. The van der Waals surface area contributed by atoms with Gasteiger partial charge in [0, 0.05) is 38.0 Å². The van der Waals surface area contributed by atoms with Gasteiger partial charge in [-0.25, -0.2) is 4.98 Å². The summed E-state index contributed by atoms with van der Waals surface area (Å²) in [6.07, 6.45) is 1.78. The van der Waals surface area contributed by atoms with Crippen LogP contribution in [0.4, 0.5) is 0 Å². The first-order valence-corrected chi connectivity index (χ1v) is 8.48. The summed E-state index contributed by atoms with van der Waals surface area (Å²) in [6, 6.07) is 7.28. The van der Waals surface area contributed by atoms with Gasteiger partial charge in [0.2, 0.25) is 11.8 Å². The lowest BCUT2D eigenvalue weighted by atomic mass is 10.1. The van der Waals surface area contributed by atoms with E-state index in [0.717, 1.165) is 5.01 Å². The molecule has 0 aliphatic rings. The lowest BCUT2D eigenvalue weighted by molar-refractivity contribution is 0.0788. The predicted octanol–water partition coefficient (Wildman–Crippen LogP) is 3.38. The lowest BCUT2D eigenvalue weighted by Gasteiger charge is -2.21. The molecule has 0 saturated heterocycles. The molecule has 0 N–H and O–H groups in total. The van der Waals surface area contributed by atoms with Crippen molar-refractivity contribution in [3.63, 3.8) is 0 Å². The fraction of sp³-hybridized carbons (Fsp3) is 0.294. The van der Waals surface area contributed by atoms with Gasteiger partial charge in [-0.1, -0.05) is 19.1 Å². The maximum absolute atomic E-state index is 12.9. The molecule has 2 heterocycles. The molecule has 24 heavy (non-hydrogen) atoms. The molecule has 0 spiro atoms. The minimum Gasteiger partial charge on any atom is -0.421 e. The van der Waals surface area contributed by atoms with Crippen molar-refractivity contribution in [3.05, 3.63) is 52.3 Å². The van der Waals surface area contributed by atoms with E-state index in [1.165, 1.54) is 0 Å². The maximum Gasteiger partial charge on any atom is 0.254 e. The van der Waals surface area contributed by atoms with Gasteiger partial charge in [-0.15, -0.1) is 21.5 Å². The third-order valence-corrected chi connectivity index (χ3v) is 4.69. The summed E-state index contributed by atoms with van der Waals surface area (Å²) in [5.74, 6) is 0.928. The molecule has 0 saturated carbocycles. The molecule has 0 aliphatic heterocycles. The fourth-order valence-corrected chi connectivity index (χ4v) is 3.21. The van der Waals surface area contributed by atoms with Gasteiger partial charge < -0.3 is 9.32 Å². The third-order valence-electron chi connectivity index (χ3n) is 3.68. The van der Waals surface area contributed by atoms with Gasteiger partial charge in [0.05, 0.1) is 16.1 Å². The van der Waals surface area contributed by atoms with E-state index in [2.05, 4.69) is 22.1 Å². The SMILES string of the molecule is Cc1nnc(-c2ccccc2C(=O)N(C)CC(C)c2nccs2)o1. The van der Waals surface area contributed by atoms with Crippen LogP contribution in [0.2, 0.25) is 0 Å². The summed E-state index contributed by atoms with van der Waals surface area (Å²) >= 11 is 1.60. The highest BCUT2D eigenvalue weighted by Gasteiger charge is 2.21. The van der Waals surface area contributed by atoms with E-state index >= 15 is 0 Å². The monoisotopic (exact) mass is 342 g/mol. The van der Waals surface area contributed by atoms with Gasteiger partial charge in [-0.3, -0.25) is 4.79 Å². The number of amides is 1. The second-order valence-corrected chi connectivity index (χ2v) is 6.56. The Labute approximate surface area is 144 Å². The van der Waals surface area contributed by atoms with Crippen LogP contribution >= 0.6 is 11.3 Å². The normalized spacial score (nSPS) is 12.1. The van der Waals surface area contributed by atoms with Crippen molar-refractivity contribution in [3.8, 4) is 11.5 Å². The highest BCUT2D eigenvalue weighted by Crippen LogP contribution is 2.25. The van der Waals surface area contributed by atoms with E-state index in [-0.39, 0.29) is 11.8 Å². The van der Waals surface area contributed by atoms with Crippen molar-refractivity contribution in [1.82, 2.24) is 20.1 Å². The molecule has 0 fully saturated rings. The van der Waals surface area contributed by atoms with Gasteiger partial charge in [0.25, 0.3) is 5.91 Å². The minimum atomic E-state index is -0.0788. The van der Waals surface area contributed by atoms with Crippen LogP contribution in [-0.2, 0) is 0 Å². The van der Waals surface area contributed by atoms with E-state index < -0.39 is 0 Å². The molecule has 1 atom stereocenters. The van der Waals surface area contributed by atoms with Crippen molar-refractivity contribution in [2.24, 2.45) is 0 Å². The van der Waals surface area contributed by atoms with Crippen molar-refractivity contribution >= 4 is 17.2 Å². The van der Waals surface area contributed by atoms with E-state index in [1.54, 1.807) is 42.5 Å². The van der Waals surface area contributed by atoms with Gasteiger partial charge in [-0.2, -0.15) is 0 Å². The number of benzene rings is 1. The number of aryl methyl sites for hydroxylation is 1. The van der Waals surface area contributed by atoms with Crippen molar-refractivity contribution in [2.75, 3.05) is 13.6 Å². The summed E-state index contributed by atoms with van der Waals surface area (Å²) in [4.78, 5) is 18.9. The van der Waals surface area contributed by atoms with Gasteiger partial charge in [0.15, 0.2) is 0 Å². The van der Waals surface area contributed by atoms with Gasteiger partial charge in [-0.05, 0) is 12.1 Å². The molecule has 0 aliphatic carbocycles. The largest absolute Gasteiger partial charge is 0.421 e. The van der Waals surface area contributed by atoms with Crippen molar-refractivity contribution in [1.29, 1.82) is 0 Å². The zero-order chi connectivity index (χ0) is 17.1. The van der Waals surface area contributed by atoms with Crippen LogP contribution < -0.4 is 0 Å². The molecule has 0 radical (unpaired) electrons. The number of rotatable bonds is 5. The van der Waals surface area contributed by atoms with Crippen LogP contribution in [0.3, 0.4) is 0 Å². The molecule has 3 rings (SSSR count). The molecular weight excluding hydrogens is 324 g/mol. The Morgan fingerprint density at radius 3 is 2.79 bits per heavy atom. The molecule has 3 aromatic rings. The molecular formula is C17H18N4O2S. The molecule has 1 unspecified atom stereocenters. The summed E-state index contributed by atoms with van der Waals surface area (Å²) < 4.78 is 5.48. The van der Waals surface area contributed by atoms with Gasteiger partial charge in [0.1, 0.15) is 0 Å². The van der Waals surface area contributed by atoms with E-state index in [1.807, 2.05) is 23.6 Å². The number of nitrogens with zero attached hydrogens (tertiary/aromatic N) is 4. The fourth-order valence-electron chi connectivity index (χ4n) is 2.52. The zero-order valence-corrected chi connectivity index (χ0v) is 14.6. The topological polar surface area (TPSA) is 72.1 Å². The van der Waals surface area contributed by atoms with Crippen molar-refractivity contribution in [2.45, 2.75) is 19.8 Å². The summed E-state index contributed by atoms with van der Waals surface area (Å²) in [5, 5.41) is 10.8. The molecule has 6 nitrogen and oxygen atoms in total. The predicted molar refractivity (Wildman–Crippen MR) is 92.0 cm³/mol. The average Bonchev–Trinajstić information content (AvgIpc) is 3.25. The molecule has 7 heteroatoms. The Morgan fingerprint density at radius 1 is 1.33 bits per heavy atom. The minimum absolute atomic E-state index is 0.0788. The summed E-state index contributed by atoms with van der Waals surface area (Å²) in [5.41, 5.74) is 1.20. The summed E-state index contributed by atoms with van der Waals surface area (Å²) in [7, 11) is 1.79.